The molecule has 2 nitrogen and oxygen atoms in total. The van der Waals surface area contributed by atoms with Crippen LogP contribution in [0.1, 0.15) is 150 Å². The van der Waals surface area contributed by atoms with Crippen LogP contribution in [0.25, 0.3) is 92.2 Å². The maximum absolute atomic E-state index is 9.76. The van der Waals surface area contributed by atoms with Crippen molar-refractivity contribution in [2.24, 2.45) is 0 Å². The fourth-order valence-corrected chi connectivity index (χ4v) is 14.9. The molecule has 1 atom stereocenters. The number of para-hydroxylation sites is 2. The van der Waals surface area contributed by atoms with Crippen LogP contribution >= 0.6 is 11.3 Å². The molecular formula is C84H76N2S. The molecule has 1 aliphatic carbocycles. The fraction of sp³-hybridized carbons (Fsp3) is 0.214. The quantitative estimate of drug-likeness (QED) is 0.161. The van der Waals surface area contributed by atoms with Gasteiger partial charge in [0.1, 0.15) is 0 Å². The minimum Gasteiger partial charge on any atom is -0.309 e. The Morgan fingerprint density at radius 3 is 1.55 bits per heavy atom. The molecule has 0 saturated heterocycles. The van der Waals surface area contributed by atoms with Gasteiger partial charge in [0.15, 0.2) is 0 Å². The molecule has 87 heavy (non-hydrogen) atoms. The first kappa shape index (κ1) is 46.5. The minimum atomic E-state index is -0.481. The first-order chi connectivity index (χ1) is 45.0. The Balaban J connectivity index is 1.14. The Labute approximate surface area is 529 Å². The monoisotopic (exact) mass is 1150 g/mol. The second kappa shape index (κ2) is 19.9. The van der Waals surface area contributed by atoms with E-state index in [9.17, 15) is 8.22 Å². The van der Waals surface area contributed by atoms with E-state index in [1.807, 2.05) is 6.07 Å². The van der Waals surface area contributed by atoms with Gasteiger partial charge in [-0.15, -0.1) is 11.3 Å². The molecule has 0 amide bonds. The standard InChI is InChI=1S/C84H76N2S/c1-81(2,3)59-41-56(42-60(47-59)82(4,5)6)53-35-36-54-39-58-40-55(57-43-61(83(7,8)9)48-62(44-57)84(10,11)12)46-74-76(58)78(68(54)45-53)67-38-37-63(85-71-32-22-19-29-64(71)65-30-20-23-33-72(65)85)49-73(67)86(74)79-69(51-25-15-13-16-26-51)50-70-66-31-21-24-34-75(66)87-80(70)77(79)52-27-17-14-18-28-52/h13-38,40-50,78H,39H2,1-12H3/i19D,20D,22D,23D,29D,30D,32D,33D. The smallest absolute Gasteiger partial charge is 0.0645 e. The number of benzene rings is 11. The van der Waals surface area contributed by atoms with E-state index in [1.165, 1.54) is 49.2 Å². The summed E-state index contributed by atoms with van der Waals surface area (Å²) in [4.78, 5) is 2.50. The number of hydrogen-bond donors (Lipinski definition) is 0. The first-order valence-corrected chi connectivity index (χ1v) is 31.5. The van der Waals surface area contributed by atoms with Crippen molar-refractivity contribution in [2.45, 2.75) is 117 Å². The zero-order chi connectivity index (χ0) is 67.0. The van der Waals surface area contributed by atoms with Crippen molar-refractivity contribution in [2.75, 3.05) is 4.90 Å². The highest BCUT2D eigenvalue weighted by Crippen LogP contribution is 2.61. The summed E-state index contributed by atoms with van der Waals surface area (Å²) in [5.41, 5.74) is 22.2. The number of fused-ring (bicyclic) bond motifs is 10. The molecule has 0 spiro atoms. The molecule has 2 aliphatic rings. The molecule has 0 fully saturated rings. The molecule has 3 heterocycles. The van der Waals surface area contributed by atoms with Crippen LogP contribution < -0.4 is 4.90 Å². The maximum atomic E-state index is 9.76. The third-order valence-corrected chi connectivity index (χ3v) is 19.7. The van der Waals surface area contributed by atoms with Crippen molar-refractivity contribution < 1.29 is 11.0 Å². The zero-order valence-electron chi connectivity index (χ0n) is 59.8. The number of anilines is 3. The fourth-order valence-electron chi connectivity index (χ4n) is 13.7. The van der Waals surface area contributed by atoms with E-state index in [2.05, 4.69) is 258 Å². The summed E-state index contributed by atoms with van der Waals surface area (Å²) in [6, 6.07) is 61.8. The predicted molar refractivity (Wildman–Crippen MR) is 375 cm³/mol. The largest absolute Gasteiger partial charge is 0.309 e. The molecular weight excluding hydrogens is 1070 g/mol. The van der Waals surface area contributed by atoms with Crippen LogP contribution in [0.5, 0.6) is 0 Å². The number of hydrogen-bond acceptors (Lipinski definition) is 2. The third-order valence-electron chi connectivity index (χ3n) is 18.5. The molecule has 1 unspecified atom stereocenters. The van der Waals surface area contributed by atoms with Gasteiger partial charge >= 0.3 is 0 Å². The number of nitrogens with zero attached hydrogens (tertiary/aromatic N) is 2. The van der Waals surface area contributed by atoms with E-state index < -0.39 is 24.2 Å². The minimum absolute atomic E-state index is 0.0335. The van der Waals surface area contributed by atoms with Gasteiger partial charge in [-0.1, -0.05) is 259 Å². The lowest BCUT2D eigenvalue weighted by Gasteiger charge is -2.43. The Morgan fingerprint density at radius 2 is 0.954 bits per heavy atom. The molecule has 0 saturated carbocycles. The van der Waals surface area contributed by atoms with Gasteiger partial charge in [0.2, 0.25) is 0 Å². The molecule has 0 radical (unpaired) electrons. The van der Waals surface area contributed by atoms with Crippen LogP contribution in [-0.4, -0.2) is 4.57 Å². The van der Waals surface area contributed by atoms with Gasteiger partial charge in [-0.2, -0.15) is 0 Å². The zero-order valence-corrected chi connectivity index (χ0v) is 52.6. The first-order valence-electron chi connectivity index (χ1n) is 34.6. The molecule has 11 aromatic carbocycles. The van der Waals surface area contributed by atoms with Crippen LogP contribution in [-0.2, 0) is 28.1 Å². The molecule has 428 valence electrons. The second-order valence-electron chi connectivity index (χ2n) is 28.4. The van der Waals surface area contributed by atoms with Crippen molar-refractivity contribution in [1.82, 2.24) is 4.57 Å². The Morgan fingerprint density at radius 1 is 0.414 bits per heavy atom. The highest BCUT2D eigenvalue weighted by atomic mass is 32.1. The highest BCUT2D eigenvalue weighted by Gasteiger charge is 2.41. The summed E-state index contributed by atoms with van der Waals surface area (Å²) in [5, 5.41) is 2.37. The van der Waals surface area contributed by atoms with Crippen LogP contribution in [0.3, 0.4) is 0 Å². The summed E-state index contributed by atoms with van der Waals surface area (Å²) in [7, 11) is 0. The van der Waals surface area contributed by atoms with E-state index in [1.54, 1.807) is 15.9 Å². The van der Waals surface area contributed by atoms with Crippen molar-refractivity contribution >= 4 is 70.4 Å². The summed E-state index contributed by atoms with van der Waals surface area (Å²) >= 11 is 1.79. The molecule has 0 N–H and O–H groups in total. The van der Waals surface area contributed by atoms with Gasteiger partial charge in [-0.3, -0.25) is 0 Å². The summed E-state index contributed by atoms with van der Waals surface area (Å²) < 4.78 is 78.9. The summed E-state index contributed by atoms with van der Waals surface area (Å²) in [6.45, 7) is 27.5. The van der Waals surface area contributed by atoms with E-state index in [0.29, 0.717) is 12.1 Å². The van der Waals surface area contributed by atoms with Crippen LogP contribution in [0.2, 0.25) is 0 Å². The Hall–Kier alpha value is -8.76. The van der Waals surface area contributed by atoms with Gasteiger partial charge in [-0.05, 0) is 160 Å². The average Bonchev–Trinajstić information content (AvgIpc) is 1.20. The maximum Gasteiger partial charge on any atom is 0.0645 e. The van der Waals surface area contributed by atoms with Crippen LogP contribution in [0.15, 0.2) is 224 Å². The topological polar surface area (TPSA) is 8.17 Å². The third kappa shape index (κ3) is 9.18. The Bertz CT molecular complexity index is 5280. The molecule has 3 heteroatoms. The van der Waals surface area contributed by atoms with E-state index >= 15 is 0 Å². The molecule has 15 rings (SSSR count). The number of aromatic nitrogens is 1. The van der Waals surface area contributed by atoms with Crippen LogP contribution in [0.4, 0.5) is 17.1 Å². The second-order valence-corrected chi connectivity index (χ2v) is 29.5. The predicted octanol–water partition coefficient (Wildman–Crippen LogP) is 23.9. The molecule has 0 bridgehead atoms. The lowest BCUT2D eigenvalue weighted by molar-refractivity contribution is 0.568. The van der Waals surface area contributed by atoms with Gasteiger partial charge in [0.05, 0.1) is 39.1 Å². The lowest BCUT2D eigenvalue weighted by Crippen LogP contribution is -2.27. The molecule has 1 aliphatic heterocycles. The number of thiophene rings is 1. The van der Waals surface area contributed by atoms with Gasteiger partial charge in [-0.25, -0.2) is 0 Å². The van der Waals surface area contributed by atoms with Crippen molar-refractivity contribution in [1.29, 1.82) is 0 Å². The van der Waals surface area contributed by atoms with Crippen molar-refractivity contribution in [3.8, 4) is 50.2 Å². The van der Waals surface area contributed by atoms with Gasteiger partial charge in [0, 0.05) is 53.7 Å². The highest BCUT2D eigenvalue weighted by molar-refractivity contribution is 7.26. The van der Waals surface area contributed by atoms with Crippen molar-refractivity contribution in [3.05, 3.63) is 274 Å². The average molecular weight is 1150 g/mol. The van der Waals surface area contributed by atoms with Crippen LogP contribution in [0, 0.1) is 0 Å². The summed E-state index contributed by atoms with van der Waals surface area (Å²) in [6.07, 6.45) is 0.669. The lowest BCUT2D eigenvalue weighted by atomic mass is 9.70. The van der Waals surface area contributed by atoms with Gasteiger partial charge in [0.25, 0.3) is 0 Å². The van der Waals surface area contributed by atoms with E-state index in [4.69, 9.17) is 2.74 Å². The van der Waals surface area contributed by atoms with E-state index in [-0.39, 0.29) is 73.6 Å². The summed E-state index contributed by atoms with van der Waals surface area (Å²) in [5.74, 6) is -0.335. The van der Waals surface area contributed by atoms with Gasteiger partial charge < -0.3 is 9.47 Å². The normalized spacial score (nSPS) is 15.5. The number of rotatable bonds is 6. The molecule has 2 aromatic heterocycles. The van der Waals surface area contributed by atoms with E-state index in [0.717, 1.165) is 82.6 Å². The Kier molecular flexibility index (Phi) is 10.6. The SMILES string of the molecule is [2H]c1c([2H])c([2H])c2c(c1[2H])c1c([2H])c([2H])c([2H])c([2H])c1n2-c1ccc2c(c1)N(c1c(-c3ccccc3)cc3c(sc4ccccc43)c1-c1ccccc1)c1cc(-c3cc(C(C)(C)C)cc(C(C)(C)C)c3)cc3c1C2c1cc(-c2cc(C(C)(C)C)cc(C(C)(C)C)c2)ccc1C3. The molecule has 13 aromatic rings. The van der Waals surface area contributed by atoms with Crippen molar-refractivity contribution in [3.63, 3.8) is 0 Å².